The summed E-state index contributed by atoms with van der Waals surface area (Å²) in [5.41, 5.74) is 3.34. The normalized spacial score (nSPS) is 10.9. The van der Waals surface area contributed by atoms with Gasteiger partial charge in [0.15, 0.2) is 0 Å². The molecule has 0 bridgehead atoms. The predicted molar refractivity (Wildman–Crippen MR) is 117 cm³/mol. The molecule has 0 fully saturated rings. The zero-order valence-electron chi connectivity index (χ0n) is 16.3. The zero-order chi connectivity index (χ0) is 21.6. The Hall–Kier alpha value is -4.32. The fourth-order valence-corrected chi connectivity index (χ4v) is 3.06. The van der Waals surface area contributed by atoms with Gasteiger partial charge in [0.1, 0.15) is 11.6 Å². The van der Waals surface area contributed by atoms with Crippen LogP contribution in [0.1, 0.15) is 26.3 Å². The average molecular weight is 412 g/mol. The van der Waals surface area contributed by atoms with Crippen LogP contribution in [0.4, 0.5) is 4.39 Å². The molecule has 31 heavy (non-hydrogen) atoms. The summed E-state index contributed by atoms with van der Waals surface area (Å²) in [5, 5.41) is 5.62. The molecule has 5 nitrogen and oxygen atoms in total. The van der Waals surface area contributed by atoms with E-state index in [9.17, 15) is 14.0 Å². The standard InChI is InChI=1S/C25H17FN2O3/c26-23-11-4-3-9-22(23)24(29)28-27-16-17-12-14-19(15-13-17)31-25(30)21-10-5-7-18-6-1-2-8-20(18)21/h1-16H,(H,28,29). The van der Waals surface area contributed by atoms with E-state index in [0.717, 1.165) is 10.8 Å². The molecule has 0 aliphatic heterocycles. The number of carbonyl (C=O) groups excluding carboxylic acids is 2. The fourth-order valence-electron chi connectivity index (χ4n) is 3.06. The Labute approximate surface area is 177 Å². The quantitative estimate of drug-likeness (QED) is 0.218. The number of benzene rings is 4. The molecular formula is C25H17FN2O3. The number of carbonyl (C=O) groups is 2. The monoisotopic (exact) mass is 412 g/mol. The van der Waals surface area contributed by atoms with Gasteiger partial charge in [-0.05, 0) is 58.8 Å². The first-order chi connectivity index (χ1) is 15.1. The van der Waals surface area contributed by atoms with E-state index in [1.807, 2.05) is 36.4 Å². The molecule has 0 spiro atoms. The van der Waals surface area contributed by atoms with Crippen LogP contribution in [-0.2, 0) is 0 Å². The predicted octanol–water partition coefficient (Wildman–Crippen LogP) is 4.96. The van der Waals surface area contributed by atoms with E-state index in [4.69, 9.17) is 4.74 Å². The summed E-state index contributed by atoms with van der Waals surface area (Å²) in [6.07, 6.45) is 1.41. The fraction of sp³-hybridized carbons (Fsp3) is 0. The summed E-state index contributed by atoms with van der Waals surface area (Å²) in [4.78, 5) is 24.5. The molecule has 0 saturated carbocycles. The molecule has 152 valence electrons. The van der Waals surface area contributed by atoms with Gasteiger partial charge in [0.25, 0.3) is 5.91 Å². The van der Waals surface area contributed by atoms with Crippen molar-refractivity contribution in [1.29, 1.82) is 0 Å². The lowest BCUT2D eigenvalue weighted by atomic mass is 10.0. The van der Waals surface area contributed by atoms with Crippen molar-refractivity contribution >= 4 is 28.9 Å². The van der Waals surface area contributed by atoms with Gasteiger partial charge in [0, 0.05) is 0 Å². The van der Waals surface area contributed by atoms with E-state index >= 15 is 0 Å². The second kappa shape index (κ2) is 9.00. The molecule has 0 radical (unpaired) electrons. The highest BCUT2D eigenvalue weighted by atomic mass is 19.1. The topological polar surface area (TPSA) is 67.8 Å². The molecule has 0 atom stereocenters. The van der Waals surface area contributed by atoms with Crippen molar-refractivity contribution in [1.82, 2.24) is 5.43 Å². The van der Waals surface area contributed by atoms with Crippen LogP contribution in [0.3, 0.4) is 0 Å². The summed E-state index contributed by atoms with van der Waals surface area (Å²) in [6.45, 7) is 0. The molecule has 4 aromatic rings. The minimum atomic E-state index is -0.644. The smallest absolute Gasteiger partial charge is 0.344 e. The van der Waals surface area contributed by atoms with E-state index in [2.05, 4.69) is 10.5 Å². The van der Waals surface area contributed by atoms with E-state index in [1.54, 1.807) is 36.4 Å². The highest BCUT2D eigenvalue weighted by Crippen LogP contribution is 2.21. The third-order valence-corrected chi connectivity index (χ3v) is 4.60. The average Bonchev–Trinajstić information content (AvgIpc) is 2.80. The summed E-state index contributed by atoms with van der Waals surface area (Å²) in [7, 11) is 0. The van der Waals surface area contributed by atoms with Crippen LogP contribution in [0.5, 0.6) is 5.75 Å². The number of rotatable bonds is 5. The summed E-state index contributed by atoms with van der Waals surface area (Å²) in [5.74, 6) is -1.33. The van der Waals surface area contributed by atoms with Crippen LogP contribution in [0.25, 0.3) is 10.8 Å². The molecule has 0 heterocycles. The number of hydrazone groups is 1. The van der Waals surface area contributed by atoms with E-state index in [1.165, 1.54) is 24.4 Å². The van der Waals surface area contributed by atoms with Crippen molar-refractivity contribution in [3.05, 3.63) is 114 Å². The maximum absolute atomic E-state index is 13.6. The third kappa shape index (κ3) is 4.64. The van der Waals surface area contributed by atoms with Crippen LogP contribution in [0, 0.1) is 5.82 Å². The Kier molecular flexibility index (Phi) is 5.80. The first kappa shape index (κ1) is 20.0. The van der Waals surface area contributed by atoms with Gasteiger partial charge >= 0.3 is 5.97 Å². The molecule has 4 rings (SSSR count). The van der Waals surface area contributed by atoms with Crippen LogP contribution in [0.15, 0.2) is 96.1 Å². The molecular weight excluding hydrogens is 395 g/mol. The number of nitrogens with one attached hydrogen (secondary N) is 1. The lowest BCUT2D eigenvalue weighted by Gasteiger charge is -2.07. The minimum absolute atomic E-state index is 0.0876. The minimum Gasteiger partial charge on any atom is -0.423 e. The van der Waals surface area contributed by atoms with Crippen molar-refractivity contribution in [2.75, 3.05) is 0 Å². The Bertz CT molecular complexity index is 1280. The Morgan fingerprint density at radius 1 is 0.806 bits per heavy atom. The number of nitrogens with zero attached hydrogens (tertiary/aromatic N) is 1. The third-order valence-electron chi connectivity index (χ3n) is 4.60. The number of hydrogen-bond donors (Lipinski definition) is 1. The van der Waals surface area contributed by atoms with Crippen molar-refractivity contribution in [2.45, 2.75) is 0 Å². The van der Waals surface area contributed by atoms with Gasteiger partial charge in [-0.2, -0.15) is 5.10 Å². The first-order valence-corrected chi connectivity index (χ1v) is 9.50. The number of halogens is 1. The molecule has 0 saturated heterocycles. The number of esters is 1. The number of amides is 1. The molecule has 0 aliphatic carbocycles. The second-order valence-electron chi connectivity index (χ2n) is 6.66. The number of hydrogen-bond acceptors (Lipinski definition) is 4. The van der Waals surface area contributed by atoms with Crippen molar-refractivity contribution in [3.63, 3.8) is 0 Å². The SMILES string of the molecule is O=C(NN=Cc1ccc(OC(=O)c2cccc3ccccc23)cc1)c1ccccc1F. The zero-order valence-corrected chi connectivity index (χ0v) is 16.3. The van der Waals surface area contributed by atoms with Crippen molar-refractivity contribution in [3.8, 4) is 5.75 Å². The molecule has 6 heteroatoms. The highest BCUT2D eigenvalue weighted by Gasteiger charge is 2.12. The van der Waals surface area contributed by atoms with Gasteiger partial charge in [0.2, 0.25) is 0 Å². The summed E-state index contributed by atoms with van der Waals surface area (Å²) in [6, 6.07) is 25.4. The molecule has 4 aromatic carbocycles. The first-order valence-electron chi connectivity index (χ1n) is 9.50. The van der Waals surface area contributed by atoms with Crippen LogP contribution in [-0.4, -0.2) is 18.1 Å². The molecule has 1 N–H and O–H groups in total. The summed E-state index contributed by atoms with van der Waals surface area (Å²) < 4.78 is 19.1. The van der Waals surface area contributed by atoms with Gasteiger partial charge in [-0.25, -0.2) is 14.6 Å². The Morgan fingerprint density at radius 3 is 2.29 bits per heavy atom. The van der Waals surface area contributed by atoms with Crippen LogP contribution in [0.2, 0.25) is 0 Å². The maximum Gasteiger partial charge on any atom is 0.344 e. The highest BCUT2D eigenvalue weighted by molar-refractivity contribution is 6.05. The van der Waals surface area contributed by atoms with Gasteiger partial charge in [-0.3, -0.25) is 4.79 Å². The maximum atomic E-state index is 13.6. The van der Waals surface area contributed by atoms with E-state index < -0.39 is 17.7 Å². The summed E-state index contributed by atoms with van der Waals surface area (Å²) >= 11 is 0. The number of ether oxygens (including phenoxy) is 1. The van der Waals surface area contributed by atoms with Crippen molar-refractivity contribution in [2.24, 2.45) is 5.10 Å². The lowest BCUT2D eigenvalue weighted by molar-refractivity contribution is 0.0736. The lowest BCUT2D eigenvalue weighted by Crippen LogP contribution is -2.18. The van der Waals surface area contributed by atoms with Gasteiger partial charge < -0.3 is 4.74 Å². The van der Waals surface area contributed by atoms with Gasteiger partial charge in [-0.15, -0.1) is 0 Å². The second-order valence-corrected chi connectivity index (χ2v) is 6.66. The van der Waals surface area contributed by atoms with Gasteiger partial charge in [-0.1, -0.05) is 48.5 Å². The Balaban J connectivity index is 1.40. The molecule has 0 unspecified atom stereocenters. The van der Waals surface area contributed by atoms with Crippen LogP contribution < -0.4 is 10.2 Å². The van der Waals surface area contributed by atoms with Crippen molar-refractivity contribution < 1.29 is 18.7 Å². The van der Waals surface area contributed by atoms with E-state index in [-0.39, 0.29) is 5.56 Å². The molecule has 1 amide bonds. The molecule has 0 aromatic heterocycles. The largest absolute Gasteiger partial charge is 0.423 e. The van der Waals surface area contributed by atoms with Gasteiger partial charge in [0.05, 0.1) is 17.3 Å². The van der Waals surface area contributed by atoms with E-state index in [0.29, 0.717) is 16.9 Å². The molecule has 0 aliphatic rings. The van der Waals surface area contributed by atoms with Crippen LogP contribution >= 0.6 is 0 Å². The number of fused-ring (bicyclic) bond motifs is 1. The Morgan fingerprint density at radius 2 is 1.48 bits per heavy atom.